The van der Waals surface area contributed by atoms with E-state index in [1.165, 1.54) is 83.8 Å². The van der Waals surface area contributed by atoms with E-state index >= 15 is 0 Å². The molecule has 2 aliphatic rings. The van der Waals surface area contributed by atoms with Crippen LogP contribution in [0.25, 0.3) is 0 Å². The Hall–Kier alpha value is -0.570. The molecule has 2 heterocycles. The number of nitrogens with zero attached hydrogens (tertiary/aromatic N) is 2. The fourth-order valence-corrected chi connectivity index (χ4v) is 5.00. The molecule has 2 unspecified atom stereocenters. The number of rotatable bonds is 12. The molecule has 2 aliphatic heterocycles. The number of hydrogen-bond acceptors (Lipinski definition) is 2. The lowest BCUT2D eigenvalue weighted by atomic mass is 9.71. The number of unbranched alkanes of at least 4 members (excludes halogenated alkanes) is 4. The van der Waals surface area contributed by atoms with Gasteiger partial charge >= 0.3 is 0 Å². The van der Waals surface area contributed by atoms with Crippen molar-refractivity contribution in [3.05, 3.63) is 0 Å². The van der Waals surface area contributed by atoms with Gasteiger partial charge in [0.25, 0.3) is 0 Å². The quantitative estimate of drug-likeness (QED) is 0.405. The van der Waals surface area contributed by atoms with Crippen LogP contribution >= 0.6 is 0 Å². The Morgan fingerprint density at radius 2 is 1.52 bits per heavy atom. The minimum atomic E-state index is 0.410. The summed E-state index contributed by atoms with van der Waals surface area (Å²) in [5.41, 5.74) is 0.461. The summed E-state index contributed by atoms with van der Waals surface area (Å²) in [7, 11) is 0. The van der Waals surface area contributed by atoms with E-state index in [1.807, 2.05) is 0 Å². The van der Waals surface area contributed by atoms with Crippen LogP contribution in [0.5, 0.6) is 0 Å². The lowest BCUT2D eigenvalue weighted by Crippen LogP contribution is -2.62. The van der Waals surface area contributed by atoms with Crippen LogP contribution in [0.2, 0.25) is 0 Å². The molecular formula is C24H46N2O. The monoisotopic (exact) mass is 378 g/mol. The van der Waals surface area contributed by atoms with Crippen molar-refractivity contribution in [2.24, 2.45) is 17.3 Å². The molecule has 0 N–H and O–H groups in total. The molecule has 2 saturated heterocycles. The highest BCUT2D eigenvalue weighted by molar-refractivity contribution is 5.77. The van der Waals surface area contributed by atoms with Crippen LogP contribution in [0.3, 0.4) is 0 Å². The summed E-state index contributed by atoms with van der Waals surface area (Å²) in [5.74, 6) is 1.79. The predicted octanol–water partition coefficient (Wildman–Crippen LogP) is 5.73. The van der Waals surface area contributed by atoms with Gasteiger partial charge in [0.1, 0.15) is 0 Å². The molecule has 0 aromatic heterocycles. The molecule has 0 aromatic rings. The molecular weight excluding hydrogens is 332 g/mol. The van der Waals surface area contributed by atoms with E-state index in [4.69, 9.17) is 0 Å². The highest BCUT2D eigenvalue weighted by Gasteiger charge is 2.46. The van der Waals surface area contributed by atoms with Gasteiger partial charge in [-0.1, -0.05) is 72.6 Å². The molecule has 0 bridgehead atoms. The molecule has 1 spiro atoms. The molecule has 27 heavy (non-hydrogen) atoms. The lowest BCUT2D eigenvalue weighted by Gasteiger charge is -2.54. The van der Waals surface area contributed by atoms with Crippen molar-refractivity contribution in [1.29, 1.82) is 0 Å². The molecule has 0 saturated carbocycles. The predicted molar refractivity (Wildman–Crippen MR) is 116 cm³/mol. The fourth-order valence-electron chi connectivity index (χ4n) is 5.00. The molecule has 3 nitrogen and oxygen atoms in total. The molecule has 0 radical (unpaired) electrons. The maximum Gasteiger partial charge on any atom is 0.222 e. The van der Waals surface area contributed by atoms with E-state index in [0.717, 1.165) is 25.4 Å². The van der Waals surface area contributed by atoms with E-state index in [2.05, 4.69) is 37.5 Å². The van der Waals surface area contributed by atoms with Crippen LogP contribution in [0.4, 0.5) is 0 Å². The number of likely N-dealkylation sites (tertiary alicyclic amines) is 2. The van der Waals surface area contributed by atoms with Crippen molar-refractivity contribution in [3.8, 4) is 0 Å². The molecule has 2 atom stereocenters. The maximum atomic E-state index is 12.5. The van der Waals surface area contributed by atoms with Crippen molar-refractivity contribution < 1.29 is 4.79 Å². The number of carbonyl (C=O) groups excluding carboxylic acids is 1. The zero-order valence-electron chi connectivity index (χ0n) is 18.8. The van der Waals surface area contributed by atoms with Crippen LogP contribution in [-0.2, 0) is 4.79 Å². The average molecular weight is 379 g/mol. The first-order chi connectivity index (χ1) is 13.0. The Morgan fingerprint density at radius 3 is 2.15 bits per heavy atom. The highest BCUT2D eigenvalue weighted by atomic mass is 16.2. The second kappa shape index (κ2) is 11.4. The topological polar surface area (TPSA) is 23.6 Å². The van der Waals surface area contributed by atoms with Gasteiger partial charge in [0.2, 0.25) is 5.91 Å². The van der Waals surface area contributed by atoms with E-state index in [-0.39, 0.29) is 0 Å². The normalized spacial score (nSPS) is 21.9. The van der Waals surface area contributed by atoms with E-state index < -0.39 is 0 Å². The Kier molecular flexibility index (Phi) is 9.62. The van der Waals surface area contributed by atoms with Gasteiger partial charge in [0.15, 0.2) is 0 Å². The van der Waals surface area contributed by atoms with Gasteiger partial charge in [0, 0.05) is 31.5 Å². The standard InChI is InChI=1S/C24H46N2O/c1-5-7-9-10-12-22(4)18-25-15-13-24(14-16-25)19-26(20-24)23(27)17-21(3)11-8-6-2/h21-22H,5-20H2,1-4H3. The number of hydrogen-bond donors (Lipinski definition) is 0. The first kappa shape index (κ1) is 22.7. The highest BCUT2D eigenvalue weighted by Crippen LogP contribution is 2.41. The number of amides is 1. The Morgan fingerprint density at radius 1 is 0.889 bits per heavy atom. The third-order valence-corrected chi connectivity index (χ3v) is 7.02. The van der Waals surface area contributed by atoms with Gasteiger partial charge in [-0.15, -0.1) is 0 Å². The fraction of sp³-hybridized carbons (Fsp3) is 0.958. The van der Waals surface area contributed by atoms with Crippen molar-refractivity contribution in [1.82, 2.24) is 9.80 Å². The SMILES string of the molecule is CCCCCCC(C)CN1CCC2(CC1)CN(C(=O)CC(C)CCCC)C2. The second-order valence-electron chi connectivity index (χ2n) is 9.96. The number of carbonyl (C=O) groups is 1. The van der Waals surface area contributed by atoms with E-state index in [9.17, 15) is 4.79 Å². The largest absolute Gasteiger partial charge is 0.341 e. The van der Waals surface area contributed by atoms with E-state index in [1.54, 1.807) is 0 Å². The first-order valence-corrected chi connectivity index (χ1v) is 12.0. The van der Waals surface area contributed by atoms with Crippen molar-refractivity contribution in [2.45, 2.75) is 98.3 Å². The van der Waals surface area contributed by atoms with Crippen molar-refractivity contribution in [3.63, 3.8) is 0 Å². The Bertz CT molecular complexity index is 420. The molecule has 158 valence electrons. The van der Waals surface area contributed by atoms with Crippen molar-refractivity contribution in [2.75, 3.05) is 32.7 Å². The summed E-state index contributed by atoms with van der Waals surface area (Å²) >= 11 is 0. The van der Waals surface area contributed by atoms with Crippen molar-refractivity contribution >= 4 is 5.91 Å². The minimum absolute atomic E-state index is 0.410. The lowest BCUT2D eigenvalue weighted by molar-refractivity contribution is -0.147. The second-order valence-corrected chi connectivity index (χ2v) is 9.96. The van der Waals surface area contributed by atoms with Crippen LogP contribution in [0, 0.1) is 17.3 Å². The summed E-state index contributed by atoms with van der Waals surface area (Å²) in [6, 6.07) is 0. The molecule has 3 heteroatoms. The average Bonchev–Trinajstić information content (AvgIpc) is 2.62. The summed E-state index contributed by atoms with van der Waals surface area (Å²) in [6.07, 6.45) is 14.0. The van der Waals surface area contributed by atoms with Crippen LogP contribution < -0.4 is 0 Å². The third-order valence-electron chi connectivity index (χ3n) is 7.02. The van der Waals surface area contributed by atoms with Crippen LogP contribution in [-0.4, -0.2) is 48.4 Å². The summed E-state index contributed by atoms with van der Waals surface area (Å²) in [5, 5.41) is 0. The van der Waals surface area contributed by atoms with Gasteiger partial charge in [0.05, 0.1) is 0 Å². The summed E-state index contributed by atoms with van der Waals surface area (Å²) < 4.78 is 0. The van der Waals surface area contributed by atoms with Gasteiger partial charge in [-0.3, -0.25) is 4.79 Å². The maximum absolute atomic E-state index is 12.5. The molecule has 0 aliphatic carbocycles. The first-order valence-electron chi connectivity index (χ1n) is 12.0. The van der Waals surface area contributed by atoms with Gasteiger partial charge in [-0.2, -0.15) is 0 Å². The molecule has 1 amide bonds. The smallest absolute Gasteiger partial charge is 0.222 e. The Labute approximate surface area is 169 Å². The molecule has 2 rings (SSSR count). The minimum Gasteiger partial charge on any atom is -0.341 e. The van der Waals surface area contributed by atoms with E-state index in [0.29, 0.717) is 17.2 Å². The van der Waals surface area contributed by atoms with Gasteiger partial charge < -0.3 is 9.80 Å². The molecule has 2 fully saturated rings. The Balaban J connectivity index is 1.60. The third kappa shape index (κ3) is 7.40. The van der Waals surface area contributed by atoms with Gasteiger partial charge in [-0.05, 0) is 44.2 Å². The zero-order valence-corrected chi connectivity index (χ0v) is 18.8. The summed E-state index contributed by atoms with van der Waals surface area (Å²) in [4.78, 5) is 17.3. The number of piperidine rings is 1. The molecule has 0 aromatic carbocycles. The van der Waals surface area contributed by atoms with Crippen LogP contribution in [0.15, 0.2) is 0 Å². The van der Waals surface area contributed by atoms with Crippen LogP contribution in [0.1, 0.15) is 98.3 Å². The zero-order chi connectivity index (χ0) is 19.7. The van der Waals surface area contributed by atoms with Gasteiger partial charge in [-0.25, -0.2) is 0 Å². The summed E-state index contributed by atoms with van der Waals surface area (Å²) in [6.45, 7) is 15.0.